The molecular weight excluding hydrogens is 356 g/mol. The van der Waals surface area contributed by atoms with Crippen LogP contribution in [0.1, 0.15) is 19.4 Å². The Hall–Kier alpha value is -2.81. The zero-order chi connectivity index (χ0) is 18.7. The predicted octanol–water partition coefficient (Wildman–Crippen LogP) is 1.89. The van der Waals surface area contributed by atoms with Crippen LogP contribution in [0.2, 0.25) is 0 Å². The smallest absolute Gasteiger partial charge is 0.254 e. The second-order valence-electron chi connectivity index (χ2n) is 5.75. The highest BCUT2D eigenvalue weighted by Gasteiger charge is 2.27. The van der Waals surface area contributed by atoms with Gasteiger partial charge < -0.3 is 15.4 Å². The molecule has 136 valence electrons. The first-order chi connectivity index (χ1) is 12.5. The molecule has 8 nitrogen and oxygen atoms in total. The number of ether oxygens (including phenoxy) is 1. The summed E-state index contributed by atoms with van der Waals surface area (Å²) in [5, 5.41) is 6.08. The molecular formula is C17H18N4O4S. The number of carbonyl (C=O) groups is 2. The van der Waals surface area contributed by atoms with Gasteiger partial charge in [0, 0.05) is 37.0 Å². The van der Waals surface area contributed by atoms with Gasteiger partial charge in [0.1, 0.15) is 5.75 Å². The van der Waals surface area contributed by atoms with E-state index in [0.29, 0.717) is 28.0 Å². The summed E-state index contributed by atoms with van der Waals surface area (Å²) in [6.07, 6.45) is 1.61. The number of carbonyl (C=O) groups excluding carboxylic acids is 2. The first-order valence-electron chi connectivity index (χ1n) is 7.93. The molecule has 1 aliphatic rings. The van der Waals surface area contributed by atoms with E-state index in [1.54, 1.807) is 22.8 Å². The molecule has 1 aromatic carbocycles. The highest BCUT2D eigenvalue weighted by Crippen LogP contribution is 2.33. The molecule has 0 saturated carbocycles. The van der Waals surface area contributed by atoms with Crippen LogP contribution in [0.25, 0.3) is 0 Å². The molecule has 26 heavy (non-hydrogen) atoms. The molecule has 9 heteroatoms. The van der Waals surface area contributed by atoms with Crippen molar-refractivity contribution in [3.05, 3.63) is 40.8 Å². The van der Waals surface area contributed by atoms with Crippen LogP contribution in [0.4, 0.5) is 11.4 Å². The number of rotatable bonds is 5. The normalized spacial score (nSPS) is 15.2. The summed E-state index contributed by atoms with van der Waals surface area (Å²) in [4.78, 5) is 39.9. The number of anilines is 2. The summed E-state index contributed by atoms with van der Waals surface area (Å²) in [6.45, 7) is 1.41. The van der Waals surface area contributed by atoms with E-state index in [0.717, 1.165) is 0 Å². The fourth-order valence-corrected chi connectivity index (χ4v) is 3.86. The first-order valence-corrected chi connectivity index (χ1v) is 8.92. The number of hydrogen-bond donors (Lipinski definition) is 2. The van der Waals surface area contributed by atoms with E-state index >= 15 is 0 Å². The average molecular weight is 374 g/mol. The van der Waals surface area contributed by atoms with Crippen LogP contribution < -0.4 is 20.9 Å². The van der Waals surface area contributed by atoms with Crippen LogP contribution >= 0.6 is 11.8 Å². The molecule has 3 rings (SSSR count). The van der Waals surface area contributed by atoms with Gasteiger partial charge in [-0.2, -0.15) is 0 Å². The van der Waals surface area contributed by atoms with Gasteiger partial charge in [-0.15, -0.1) is 0 Å². The third kappa shape index (κ3) is 3.88. The first kappa shape index (κ1) is 18.0. The van der Waals surface area contributed by atoms with E-state index in [1.807, 2.05) is 0 Å². The number of hydrogen-bond acceptors (Lipinski definition) is 6. The molecule has 2 N–H and O–H groups in total. The molecule has 0 bridgehead atoms. The highest BCUT2D eigenvalue weighted by molar-refractivity contribution is 7.99. The van der Waals surface area contributed by atoms with Gasteiger partial charge >= 0.3 is 0 Å². The van der Waals surface area contributed by atoms with Crippen LogP contribution in [-0.4, -0.2) is 34.2 Å². The third-order valence-electron chi connectivity index (χ3n) is 3.83. The molecule has 2 amide bonds. The van der Waals surface area contributed by atoms with E-state index in [9.17, 15) is 14.4 Å². The van der Waals surface area contributed by atoms with E-state index < -0.39 is 0 Å². The second kappa shape index (κ2) is 7.61. The maximum atomic E-state index is 12.5. The summed E-state index contributed by atoms with van der Waals surface area (Å²) in [7, 11) is 1.50. The minimum atomic E-state index is -0.252. The molecule has 1 aliphatic heterocycles. The third-order valence-corrected chi connectivity index (χ3v) is 4.94. The van der Waals surface area contributed by atoms with Gasteiger partial charge in [0.05, 0.1) is 18.8 Å². The number of benzene rings is 1. The minimum Gasteiger partial charge on any atom is -0.495 e. The molecule has 0 spiro atoms. The van der Waals surface area contributed by atoms with Crippen LogP contribution in [0.3, 0.4) is 0 Å². The summed E-state index contributed by atoms with van der Waals surface area (Å²) < 4.78 is 6.81. The summed E-state index contributed by atoms with van der Waals surface area (Å²) in [5.74, 6) is 0.631. The number of fused-ring (bicyclic) bond motifs is 1. The number of thioether (sulfide) groups is 1. The monoisotopic (exact) mass is 374 g/mol. The van der Waals surface area contributed by atoms with Crippen molar-refractivity contribution in [3.63, 3.8) is 0 Å². The Kier molecular flexibility index (Phi) is 5.27. The predicted molar refractivity (Wildman–Crippen MR) is 98.8 cm³/mol. The van der Waals surface area contributed by atoms with Crippen molar-refractivity contribution in [2.45, 2.75) is 24.5 Å². The SMILES string of the molecule is COc1ccc(NC(C)=O)cc1NC(=O)CC1CSc2nccc(=O)n21. The van der Waals surface area contributed by atoms with Gasteiger partial charge in [-0.1, -0.05) is 11.8 Å². The van der Waals surface area contributed by atoms with Gasteiger partial charge in [-0.05, 0) is 18.2 Å². The van der Waals surface area contributed by atoms with Crippen molar-refractivity contribution in [1.82, 2.24) is 9.55 Å². The van der Waals surface area contributed by atoms with Gasteiger partial charge in [-0.3, -0.25) is 19.0 Å². The van der Waals surface area contributed by atoms with Gasteiger partial charge in [-0.25, -0.2) is 4.98 Å². The van der Waals surface area contributed by atoms with E-state index in [4.69, 9.17) is 4.74 Å². The average Bonchev–Trinajstić information content (AvgIpc) is 2.99. The number of nitrogens with zero attached hydrogens (tertiary/aromatic N) is 2. The Balaban J connectivity index is 1.75. The largest absolute Gasteiger partial charge is 0.495 e. The molecule has 0 fully saturated rings. The van der Waals surface area contributed by atoms with Crippen LogP contribution in [0, 0.1) is 0 Å². The van der Waals surface area contributed by atoms with E-state index in [1.165, 1.54) is 38.1 Å². The Morgan fingerprint density at radius 1 is 1.35 bits per heavy atom. The molecule has 0 saturated heterocycles. The topological polar surface area (TPSA) is 102 Å². The van der Waals surface area contributed by atoms with Crippen molar-refractivity contribution in [2.75, 3.05) is 23.5 Å². The second-order valence-corrected chi connectivity index (χ2v) is 6.74. The lowest BCUT2D eigenvalue weighted by Crippen LogP contribution is -2.27. The maximum absolute atomic E-state index is 12.5. The van der Waals surface area contributed by atoms with Crippen LogP contribution in [0.15, 0.2) is 40.4 Å². The Labute approximate surface area is 154 Å². The number of nitrogens with one attached hydrogen (secondary N) is 2. The fraction of sp³-hybridized carbons (Fsp3) is 0.294. The summed E-state index contributed by atoms with van der Waals surface area (Å²) >= 11 is 1.46. The summed E-state index contributed by atoms with van der Waals surface area (Å²) in [6, 6.07) is 6.12. The minimum absolute atomic E-state index is 0.138. The number of aromatic nitrogens is 2. The Morgan fingerprint density at radius 2 is 2.15 bits per heavy atom. The van der Waals surface area contributed by atoms with Crippen molar-refractivity contribution >= 4 is 35.0 Å². The maximum Gasteiger partial charge on any atom is 0.254 e. The van der Waals surface area contributed by atoms with Crippen LogP contribution in [0.5, 0.6) is 5.75 Å². The zero-order valence-corrected chi connectivity index (χ0v) is 15.1. The van der Waals surface area contributed by atoms with Gasteiger partial charge in [0.2, 0.25) is 11.8 Å². The molecule has 0 aliphatic carbocycles. The Bertz CT molecular complexity index is 912. The lowest BCUT2D eigenvalue weighted by atomic mass is 10.2. The molecule has 1 atom stereocenters. The standard InChI is InChI=1S/C17H18N4O4S/c1-10(22)19-11-3-4-14(25-2)13(7-11)20-15(23)8-12-9-26-17-18-6-5-16(24)21(12)17/h3-7,12H,8-9H2,1-2H3,(H,19,22)(H,20,23). The Morgan fingerprint density at radius 3 is 2.88 bits per heavy atom. The van der Waals surface area contributed by atoms with E-state index in [2.05, 4.69) is 15.6 Å². The summed E-state index contributed by atoms with van der Waals surface area (Å²) in [5.41, 5.74) is 0.840. The quantitative estimate of drug-likeness (QED) is 0.775. The lowest BCUT2D eigenvalue weighted by molar-refractivity contribution is -0.117. The van der Waals surface area contributed by atoms with Crippen molar-refractivity contribution in [2.24, 2.45) is 0 Å². The van der Waals surface area contributed by atoms with Gasteiger partial charge in [0.25, 0.3) is 5.56 Å². The molecule has 1 unspecified atom stereocenters. The molecule has 0 radical (unpaired) electrons. The lowest BCUT2D eigenvalue weighted by Gasteiger charge is -2.15. The van der Waals surface area contributed by atoms with E-state index in [-0.39, 0.29) is 29.8 Å². The van der Waals surface area contributed by atoms with Crippen molar-refractivity contribution < 1.29 is 14.3 Å². The highest BCUT2D eigenvalue weighted by atomic mass is 32.2. The molecule has 2 heterocycles. The van der Waals surface area contributed by atoms with Crippen molar-refractivity contribution in [3.8, 4) is 5.75 Å². The zero-order valence-electron chi connectivity index (χ0n) is 14.3. The van der Waals surface area contributed by atoms with Crippen molar-refractivity contribution in [1.29, 1.82) is 0 Å². The fourth-order valence-electron chi connectivity index (χ4n) is 2.74. The molecule has 2 aromatic rings. The molecule has 1 aromatic heterocycles. The van der Waals surface area contributed by atoms with Gasteiger partial charge in [0.15, 0.2) is 5.16 Å². The van der Waals surface area contributed by atoms with Crippen LogP contribution in [-0.2, 0) is 9.59 Å². The number of amides is 2. The number of methoxy groups -OCH3 is 1.